The minimum Gasteiger partial charge on any atom is -0.493 e. The second-order valence-corrected chi connectivity index (χ2v) is 6.44. The summed E-state index contributed by atoms with van der Waals surface area (Å²) in [5.41, 5.74) is 2.48. The lowest BCUT2D eigenvalue weighted by Crippen LogP contribution is -2.02. The van der Waals surface area contributed by atoms with Gasteiger partial charge in [0.2, 0.25) is 0 Å². The van der Waals surface area contributed by atoms with Crippen molar-refractivity contribution < 1.29 is 28.9 Å². The number of aromatic carboxylic acids is 1. The Morgan fingerprint density at radius 1 is 0.968 bits per heavy atom. The number of carboxylic acid groups (broad SMARTS) is 1. The van der Waals surface area contributed by atoms with Crippen LogP contribution in [-0.4, -0.2) is 37.5 Å². The third kappa shape index (κ3) is 5.27. The Morgan fingerprint density at radius 3 is 2.39 bits per heavy atom. The molecule has 0 saturated carbocycles. The molecule has 3 aromatic carbocycles. The van der Waals surface area contributed by atoms with E-state index in [9.17, 15) is 9.59 Å². The van der Waals surface area contributed by atoms with Gasteiger partial charge in [-0.1, -0.05) is 30.3 Å². The molecule has 0 unspecified atom stereocenters. The van der Waals surface area contributed by atoms with E-state index in [0.717, 1.165) is 5.56 Å². The monoisotopic (exact) mass is 419 g/mol. The summed E-state index contributed by atoms with van der Waals surface area (Å²) in [6, 6.07) is 18.7. The Labute approximate surface area is 179 Å². The first-order valence-electron chi connectivity index (χ1n) is 9.37. The van der Waals surface area contributed by atoms with E-state index in [2.05, 4.69) is 4.99 Å². The van der Waals surface area contributed by atoms with Crippen molar-refractivity contribution in [2.24, 2.45) is 4.99 Å². The molecule has 0 aromatic heterocycles. The largest absolute Gasteiger partial charge is 0.493 e. The fourth-order valence-corrected chi connectivity index (χ4v) is 2.86. The molecule has 0 aliphatic heterocycles. The Kier molecular flexibility index (Phi) is 7.01. The number of para-hydroxylation sites is 2. The van der Waals surface area contributed by atoms with Crippen LogP contribution in [0, 0.1) is 0 Å². The zero-order valence-corrected chi connectivity index (χ0v) is 17.1. The summed E-state index contributed by atoms with van der Waals surface area (Å²) in [5.74, 6) is -0.457. The zero-order valence-electron chi connectivity index (χ0n) is 17.1. The van der Waals surface area contributed by atoms with Crippen LogP contribution in [0.25, 0.3) is 0 Å². The van der Waals surface area contributed by atoms with Gasteiger partial charge in [0, 0.05) is 11.8 Å². The van der Waals surface area contributed by atoms with Gasteiger partial charge in [0.1, 0.15) is 6.61 Å². The number of rotatable bonds is 8. The Bertz CT molecular complexity index is 1110. The lowest BCUT2D eigenvalue weighted by molar-refractivity contribution is 0.0600. The van der Waals surface area contributed by atoms with E-state index in [0.29, 0.717) is 28.3 Å². The molecule has 7 heteroatoms. The van der Waals surface area contributed by atoms with Crippen LogP contribution in [0.1, 0.15) is 31.8 Å². The molecular weight excluding hydrogens is 398 g/mol. The number of carbonyl (C=O) groups excluding carboxylic acids is 1. The van der Waals surface area contributed by atoms with Crippen molar-refractivity contribution in [1.29, 1.82) is 0 Å². The highest BCUT2D eigenvalue weighted by atomic mass is 16.5. The smallest absolute Gasteiger partial charge is 0.340 e. The molecule has 0 radical (unpaired) electrons. The van der Waals surface area contributed by atoms with E-state index in [-0.39, 0.29) is 12.2 Å². The molecule has 0 bridgehead atoms. The van der Waals surface area contributed by atoms with Crippen molar-refractivity contribution in [3.05, 3.63) is 89.0 Å². The summed E-state index contributed by atoms with van der Waals surface area (Å²) in [7, 11) is 2.86. The van der Waals surface area contributed by atoms with Crippen molar-refractivity contribution >= 4 is 23.8 Å². The summed E-state index contributed by atoms with van der Waals surface area (Å²) in [5, 5.41) is 9.02. The number of carbonyl (C=O) groups is 2. The molecule has 0 spiro atoms. The number of hydrogen-bond acceptors (Lipinski definition) is 6. The fourth-order valence-electron chi connectivity index (χ4n) is 2.86. The van der Waals surface area contributed by atoms with Gasteiger partial charge < -0.3 is 19.3 Å². The fraction of sp³-hybridized carbons (Fsp3) is 0.125. The summed E-state index contributed by atoms with van der Waals surface area (Å²) < 4.78 is 16.2. The number of aliphatic imine (C=N–C) groups is 1. The van der Waals surface area contributed by atoms with E-state index in [4.69, 9.17) is 19.3 Å². The second-order valence-electron chi connectivity index (χ2n) is 6.44. The van der Waals surface area contributed by atoms with Crippen molar-refractivity contribution in [2.45, 2.75) is 6.61 Å². The van der Waals surface area contributed by atoms with Crippen molar-refractivity contribution in [2.75, 3.05) is 14.2 Å². The number of esters is 1. The highest BCUT2D eigenvalue weighted by molar-refractivity contribution is 5.96. The number of hydrogen-bond donors (Lipinski definition) is 1. The first-order chi connectivity index (χ1) is 15.0. The molecule has 0 amide bonds. The Balaban J connectivity index is 1.86. The molecule has 1 N–H and O–H groups in total. The van der Waals surface area contributed by atoms with Crippen molar-refractivity contribution in [3.8, 4) is 11.5 Å². The minimum atomic E-state index is -0.983. The molecule has 0 fully saturated rings. The standard InChI is InChI=1S/C24H21NO6/c1-29-21-9-5-6-18(14-25-20-8-4-3-7-19(20)24(28)30-2)22(21)31-15-16-10-12-17(13-11-16)23(26)27/h3-14H,15H2,1-2H3,(H,26,27). The van der Waals surface area contributed by atoms with Gasteiger partial charge in [-0.3, -0.25) is 4.99 Å². The maximum atomic E-state index is 12.0. The molecule has 0 atom stereocenters. The lowest BCUT2D eigenvalue weighted by atomic mass is 10.1. The van der Waals surface area contributed by atoms with Gasteiger partial charge in [-0.2, -0.15) is 0 Å². The average Bonchev–Trinajstić information content (AvgIpc) is 2.81. The molecule has 0 aliphatic carbocycles. The maximum absolute atomic E-state index is 12.0. The normalized spacial score (nSPS) is 10.6. The molecule has 31 heavy (non-hydrogen) atoms. The molecule has 3 rings (SSSR count). The molecular formula is C24H21NO6. The summed E-state index contributed by atoms with van der Waals surface area (Å²) in [6.07, 6.45) is 1.59. The predicted octanol–water partition coefficient (Wildman–Crippen LogP) is 4.51. The van der Waals surface area contributed by atoms with E-state index >= 15 is 0 Å². The van der Waals surface area contributed by atoms with Crippen LogP contribution < -0.4 is 9.47 Å². The second kappa shape index (κ2) is 10.1. The molecule has 0 aliphatic rings. The summed E-state index contributed by atoms with van der Waals surface area (Å²) in [4.78, 5) is 27.4. The van der Waals surface area contributed by atoms with Crippen LogP contribution in [-0.2, 0) is 11.3 Å². The highest BCUT2D eigenvalue weighted by Gasteiger charge is 2.12. The van der Waals surface area contributed by atoms with Gasteiger partial charge >= 0.3 is 11.9 Å². The number of methoxy groups -OCH3 is 2. The topological polar surface area (TPSA) is 94.4 Å². The van der Waals surface area contributed by atoms with Gasteiger partial charge in [-0.25, -0.2) is 9.59 Å². The highest BCUT2D eigenvalue weighted by Crippen LogP contribution is 2.31. The van der Waals surface area contributed by atoms with Crippen molar-refractivity contribution in [1.82, 2.24) is 0 Å². The zero-order chi connectivity index (χ0) is 22.2. The van der Waals surface area contributed by atoms with Crippen LogP contribution in [0.4, 0.5) is 5.69 Å². The van der Waals surface area contributed by atoms with Crippen molar-refractivity contribution in [3.63, 3.8) is 0 Å². The summed E-state index contributed by atoms with van der Waals surface area (Å²) in [6.45, 7) is 0.208. The van der Waals surface area contributed by atoms with Crippen LogP contribution in [0.15, 0.2) is 71.7 Å². The first kappa shape index (κ1) is 21.6. The molecule has 3 aromatic rings. The number of carboxylic acids is 1. The van der Waals surface area contributed by atoms with Gasteiger partial charge in [0.25, 0.3) is 0 Å². The third-order valence-corrected chi connectivity index (χ3v) is 4.47. The van der Waals surface area contributed by atoms with Crippen LogP contribution in [0.3, 0.4) is 0 Å². The SMILES string of the molecule is COC(=O)c1ccccc1N=Cc1cccc(OC)c1OCc1ccc(C(=O)O)cc1. The molecule has 0 heterocycles. The lowest BCUT2D eigenvalue weighted by Gasteiger charge is -2.13. The third-order valence-electron chi connectivity index (χ3n) is 4.47. The van der Waals surface area contributed by atoms with Gasteiger partial charge in [0.05, 0.1) is 31.0 Å². The van der Waals surface area contributed by atoms with Gasteiger partial charge in [-0.15, -0.1) is 0 Å². The number of ether oxygens (including phenoxy) is 3. The van der Waals surface area contributed by atoms with Crippen LogP contribution in [0.5, 0.6) is 11.5 Å². The van der Waals surface area contributed by atoms with Crippen LogP contribution >= 0.6 is 0 Å². The van der Waals surface area contributed by atoms with E-state index in [1.54, 1.807) is 54.7 Å². The first-order valence-corrected chi connectivity index (χ1v) is 9.37. The Morgan fingerprint density at radius 2 is 1.71 bits per heavy atom. The maximum Gasteiger partial charge on any atom is 0.340 e. The quantitative estimate of drug-likeness (QED) is 0.426. The molecule has 7 nitrogen and oxygen atoms in total. The van der Waals surface area contributed by atoms with Crippen LogP contribution in [0.2, 0.25) is 0 Å². The Hall–Kier alpha value is -4.13. The van der Waals surface area contributed by atoms with E-state index in [1.807, 2.05) is 6.07 Å². The van der Waals surface area contributed by atoms with Gasteiger partial charge in [-0.05, 0) is 42.0 Å². The van der Waals surface area contributed by atoms with E-state index in [1.165, 1.54) is 26.4 Å². The summed E-state index contributed by atoms with van der Waals surface area (Å²) >= 11 is 0. The van der Waals surface area contributed by atoms with Gasteiger partial charge in [0.15, 0.2) is 11.5 Å². The molecule has 158 valence electrons. The van der Waals surface area contributed by atoms with E-state index < -0.39 is 11.9 Å². The minimum absolute atomic E-state index is 0.207. The number of nitrogens with zero attached hydrogens (tertiary/aromatic N) is 1. The molecule has 0 saturated heterocycles. The number of benzene rings is 3. The average molecular weight is 419 g/mol. The predicted molar refractivity (Wildman–Crippen MR) is 116 cm³/mol.